The molecule has 1 aliphatic rings. The number of hydrogen-bond donors (Lipinski definition) is 1. The van der Waals surface area contributed by atoms with Crippen molar-refractivity contribution in [2.24, 2.45) is 0 Å². The van der Waals surface area contributed by atoms with Crippen molar-refractivity contribution in [3.63, 3.8) is 0 Å². The predicted molar refractivity (Wildman–Crippen MR) is 74.0 cm³/mol. The second kappa shape index (κ2) is 4.14. The van der Waals surface area contributed by atoms with Crippen LogP contribution in [0.1, 0.15) is 27.0 Å². The standard InChI is InChI=1S/C14H14N2OS/c1-9-7-8-18-12(9)13-15-11-6-4-3-5-10(11)14(17)16(13)2/h3-8,13,15H,1-2H3. The lowest BCUT2D eigenvalue weighted by Gasteiger charge is -2.35. The molecule has 1 aromatic carbocycles. The van der Waals surface area contributed by atoms with E-state index in [0.717, 1.165) is 11.3 Å². The number of benzene rings is 1. The maximum absolute atomic E-state index is 12.3. The fraction of sp³-hybridized carbons (Fsp3) is 0.214. The van der Waals surface area contributed by atoms with E-state index in [2.05, 4.69) is 23.7 Å². The summed E-state index contributed by atoms with van der Waals surface area (Å²) >= 11 is 1.68. The molecule has 1 aliphatic heterocycles. The van der Waals surface area contributed by atoms with Gasteiger partial charge in [0.1, 0.15) is 6.17 Å². The summed E-state index contributed by atoms with van der Waals surface area (Å²) in [7, 11) is 1.84. The van der Waals surface area contributed by atoms with Crippen LogP contribution >= 0.6 is 11.3 Å². The van der Waals surface area contributed by atoms with Crippen molar-refractivity contribution >= 4 is 22.9 Å². The third kappa shape index (κ3) is 1.61. The van der Waals surface area contributed by atoms with E-state index in [-0.39, 0.29) is 12.1 Å². The van der Waals surface area contributed by atoms with Gasteiger partial charge in [-0.05, 0) is 36.1 Å². The van der Waals surface area contributed by atoms with Crippen LogP contribution in [-0.2, 0) is 0 Å². The predicted octanol–water partition coefficient (Wildman–Crippen LogP) is 3.25. The first-order chi connectivity index (χ1) is 8.68. The average molecular weight is 258 g/mol. The molecule has 18 heavy (non-hydrogen) atoms. The Morgan fingerprint density at radius 3 is 2.78 bits per heavy atom. The molecule has 1 amide bonds. The molecular formula is C14H14N2OS. The number of rotatable bonds is 1. The topological polar surface area (TPSA) is 32.3 Å². The highest BCUT2D eigenvalue weighted by Gasteiger charge is 2.31. The van der Waals surface area contributed by atoms with Gasteiger partial charge < -0.3 is 10.2 Å². The van der Waals surface area contributed by atoms with E-state index in [1.807, 2.05) is 31.3 Å². The van der Waals surface area contributed by atoms with Crippen molar-refractivity contribution in [1.82, 2.24) is 4.90 Å². The van der Waals surface area contributed by atoms with Crippen molar-refractivity contribution in [1.29, 1.82) is 0 Å². The van der Waals surface area contributed by atoms with E-state index >= 15 is 0 Å². The molecule has 0 bridgehead atoms. The second-order valence-corrected chi connectivity index (χ2v) is 5.42. The van der Waals surface area contributed by atoms with Gasteiger partial charge in [0.2, 0.25) is 0 Å². The summed E-state index contributed by atoms with van der Waals surface area (Å²) in [6.07, 6.45) is -0.0626. The number of carbonyl (C=O) groups is 1. The fourth-order valence-corrected chi connectivity index (χ4v) is 3.27. The van der Waals surface area contributed by atoms with Crippen LogP contribution in [0.25, 0.3) is 0 Å². The monoisotopic (exact) mass is 258 g/mol. The molecule has 1 aromatic heterocycles. The van der Waals surface area contributed by atoms with Crippen LogP contribution in [0.3, 0.4) is 0 Å². The van der Waals surface area contributed by atoms with Gasteiger partial charge in [0, 0.05) is 12.7 Å². The molecule has 3 rings (SSSR count). The highest BCUT2D eigenvalue weighted by atomic mass is 32.1. The highest BCUT2D eigenvalue weighted by Crippen LogP contribution is 2.35. The quantitative estimate of drug-likeness (QED) is 0.851. The molecular weight excluding hydrogens is 244 g/mol. The summed E-state index contributed by atoms with van der Waals surface area (Å²) in [5.74, 6) is 0.0714. The molecule has 0 radical (unpaired) electrons. The van der Waals surface area contributed by atoms with Crippen LogP contribution in [0.15, 0.2) is 35.7 Å². The van der Waals surface area contributed by atoms with Crippen molar-refractivity contribution < 1.29 is 4.79 Å². The number of anilines is 1. The maximum Gasteiger partial charge on any atom is 0.257 e. The number of para-hydroxylation sites is 1. The number of hydrogen-bond acceptors (Lipinski definition) is 3. The molecule has 4 heteroatoms. The van der Waals surface area contributed by atoms with Crippen LogP contribution in [0.2, 0.25) is 0 Å². The zero-order chi connectivity index (χ0) is 12.7. The molecule has 0 spiro atoms. The van der Waals surface area contributed by atoms with E-state index in [1.165, 1.54) is 10.4 Å². The van der Waals surface area contributed by atoms with Gasteiger partial charge in [-0.3, -0.25) is 4.79 Å². The van der Waals surface area contributed by atoms with Crippen LogP contribution < -0.4 is 5.32 Å². The lowest BCUT2D eigenvalue weighted by Crippen LogP contribution is -2.40. The lowest BCUT2D eigenvalue weighted by molar-refractivity contribution is 0.0737. The summed E-state index contributed by atoms with van der Waals surface area (Å²) in [6, 6.07) is 9.74. The van der Waals surface area contributed by atoms with Crippen LogP contribution in [0, 0.1) is 6.92 Å². The fourth-order valence-electron chi connectivity index (χ4n) is 2.25. The van der Waals surface area contributed by atoms with E-state index in [9.17, 15) is 4.79 Å². The Kier molecular flexibility index (Phi) is 2.59. The van der Waals surface area contributed by atoms with Gasteiger partial charge in [-0.25, -0.2) is 0 Å². The summed E-state index contributed by atoms with van der Waals surface area (Å²) in [5, 5.41) is 5.50. The summed E-state index contributed by atoms with van der Waals surface area (Å²) in [4.78, 5) is 15.3. The summed E-state index contributed by atoms with van der Waals surface area (Å²) in [5.41, 5.74) is 2.88. The summed E-state index contributed by atoms with van der Waals surface area (Å²) < 4.78 is 0. The van der Waals surface area contributed by atoms with Crippen LogP contribution in [0.5, 0.6) is 0 Å². The molecule has 0 fully saturated rings. The molecule has 0 saturated heterocycles. The number of nitrogens with zero attached hydrogens (tertiary/aromatic N) is 1. The van der Waals surface area contributed by atoms with Crippen molar-refractivity contribution in [3.05, 3.63) is 51.7 Å². The number of carbonyl (C=O) groups excluding carboxylic acids is 1. The molecule has 92 valence electrons. The first-order valence-corrected chi connectivity index (χ1v) is 6.73. The normalized spacial score (nSPS) is 18.4. The van der Waals surface area contributed by atoms with Gasteiger partial charge in [0.05, 0.1) is 10.4 Å². The number of fused-ring (bicyclic) bond motifs is 1. The van der Waals surface area contributed by atoms with E-state index in [4.69, 9.17) is 0 Å². The number of amides is 1. The molecule has 0 saturated carbocycles. The van der Waals surface area contributed by atoms with Gasteiger partial charge in [-0.15, -0.1) is 11.3 Å². The van der Waals surface area contributed by atoms with Gasteiger partial charge in [-0.2, -0.15) is 0 Å². The van der Waals surface area contributed by atoms with Gasteiger partial charge in [0.15, 0.2) is 0 Å². The Bertz CT molecular complexity index is 605. The number of thiophene rings is 1. The highest BCUT2D eigenvalue weighted by molar-refractivity contribution is 7.10. The lowest BCUT2D eigenvalue weighted by atomic mass is 10.1. The molecule has 1 unspecified atom stereocenters. The van der Waals surface area contributed by atoms with Crippen molar-refractivity contribution in [3.8, 4) is 0 Å². The molecule has 1 N–H and O–H groups in total. The Hall–Kier alpha value is -1.81. The molecule has 0 aliphatic carbocycles. The molecule has 2 heterocycles. The van der Waals surface area contributed by atoms with E-state index < -0.39 is 0 Å². The maximum atomic E-state index is 12.3. The van der Waals surface area contributed by atoms with Crippen molar-refractivity contribution in [2.45, 2.75) is 13.1 Å². The van der Waals surface area contributed by atoms with E-state index in [1.54, 1.807) is 16.2 Å². The minimum Gasteiger partial charge on any atom is -0.360 e. The molecule has 2 aromatic rings. The van der Waals surface area contributed by atoms with Gasteiger partial charge >= 0.3 is 0 Å². The van der Waals surface area contributed by atoms with Crippen LogP contribution in [-0.4, -0.2) is 17.9 Å². The van der Waals surface area contributed by atoms with Gasteiger partial charge in [-0.1, -0.05) is 12.1 Å². The third-order valence-electron chi connectivity index (χ3n) is 3.31. The van der Waals surface area contributed by atoms with Crippen molar-refractivity contribution in [2.75, 3.05) is 12.4 Å². The Morgan fingerprint density at radius 1 is 1.28 bits per heavy atom. The Balaban J connectivity index is 2.06. The first-order valence-electron chi connectivity index (χ1n) is 5.85. The zero-order valence-corrected chi connectivity index (χ0v) is 11.1. The smallest absolute Gasteiger partial charge is 0.257 e. The van der Waals surface area contributed by atoms with Crippen LogP contribution in [0.4, 0.5) is 5.69 Å². The Labute approximate surface area is 110 Å². The molecule has 1 atom stereocenters. The Morgan fingerprint density at radius 2 is 2.06 bits per heavy atom. The van der Waals surface area contributed by atoms with Gasteiger partial charge in [0.25, 0.3) is 5.91 Å². The number of aryl methyl sites for hydroxylation is 1. The SMILES string of the molecule is Cc1ccsc1C1Nc2ccccc2C(=O)N1C. The minimum absolute atomic E-state index is 0.0626. The minimum atomic E-state index is -0.0626. The zero-order valence-electron chi connectivity index (χ0n) is 10.3. The largest absolute Gasteiger partial charge is 0.360 e. The number of nitrogens with one attached hydrogen (secondary N) is 1. The molecule has 3 nitrogen and oxygen atoms in total. The first kappa shape index (κ1) is 11.3. The third-order valence-corrected chi connectivity index (χ3v) is 4.38. The summed E-state index contributed by atoms with van der Waals surface area (Å²) in [6.45, 7) is 2.08. The average Bonchev–Trinajstić information content (AvgIpc) is 2.80. The van der Waals surface area contributed by atoms with E-state index in [0.29, 0.717) is 0 Å². The second-order valence-electron chi connectivity index (χ2n) is 4.48.